The summed E-state index contributed by atoms with van der Waals surface area (Å²) in [5, 5.41) is 0. The number of furan rings is 1. The third-order valence-electron chi connectivity index (χ3n) is 3.84. The van der Waals surface area contributed by atoms with Gasteiger partial charge in [-0.3, -0.25) is 0 Å². The maximum atomic E-state index is 12.8. The molecule has 1 aliphatic heterocycles. The Morgan fingerprint density at radius 3 is 2.58 bits per heavy atom. The molecule has 2 rings (SSSR count). The van der Waals surface area contributed by atoms with Crippen LogP contribution in [0.3, 0.4) is 0 Å². The van der Waals surface area contributed by atoms with Crippen molar-refractivity contribution in [3.8, 4) is 0 Å². The van der Waals surface area contributed by atoms with Crippen LogP contribution < -0.4 is 5.73 Å². The molecule has 1 aromatic heterocycles. The van der Waals surface area contributed by atoms with Crippen molar-refractivity contribution in [1.82, 2.24) is 4.31 Å². The maximum Gasteiger partial charge on any atom is 0.247 e. The fourth-order valence-corrected chi connectivity index (χ4v) is 4.96. The molecule has 1 saturated heterocycles. The smallest absolute Gasteiger partial charge is 0.247 e. The van der Waals surface area contributed by atoms with Gasteiger partial charge in [-0.05, 0) is 33.6 Å². The number of sulfonamides is 1. The van der Waals surface area contributed by atoms with E-state index in [1.807, 2.05) is 6.92 Å². The van der Waals surface area contributed by atoms with Crippen molar-refractivity contribution in [2.75, 3.05) is 6.54 Å². The molecule has 0 spiro atoms. The normalized spacial score (nSPS) is 21.8. The number of hydrogen-bond donors (Lipinski definition) is 1. The van der Waals surface area contributed by atoms with Crippen molar-refractivity contribution in [3.05, 3.63) is 17.1 Å². The zero-order valence-electron chi connectivity index (χ0n) is 11.8. The molecule has 0 aromatic carbocycles. The summed E-state index contributed by atoms with van der Waals surface area (Å²) in [6.45, 7) is 6.17. The van der Waals surface area contributed by atoms with Crippen LogP contribution in [0.15, 0.2) is 9.31 Å². The first-order valence-electron chi connectivity index (χ1n) is 6.70. The highest BCUT2D eigenvalue weighted by Crippen LogP contribution is 2.32. The van der Waals surface area contributed by atoms with Gasteiger partial charge in [0.1, 0.15) is 16.4 Å². The highest BCUT2D eigenvalue weighted by Gasteiger charge is 2.35. The zero-order chi connectivity index (χ0) is 14.2. The minimum Gasteiger partial charge on any atom is -0.465 e. The minimum atomic E-state index is -3.50. The van der Waals surface area contributed by atoms with E-state index >= 15 is 0 Å². The van der Waals surface area contributed by atoms with Crippen molar-refractivity contribution < 1.29 is 12.8 Å². The molecule has 2 heterocycles. The van der Waals surface area contributed by atoms with Crippen LogP contribution in [-0.2, 0) is 16.6 Å². The van der Waals surface area contributed by atoms with Gasteiger partial charge in [-0.1, -0.05) is 6.42 Å². The van der Waals surface area contributed by atoms with Crippen LogP contribution >= 0.6 is 0 Å². The highest BCUT2D eigenvalue weighted by molar-refractivity contribution is 7.89. The molecule has 5 nitrogen and oxygen atoms in total. The molecule has 1 unspecified atom stereocenters. The fourth-order valence-electron chi connectivity index (χ4n) is 2.83. The number of rotatable bonds is 3. The summed E-state index contributed by atoms with van der Waals surface area (Å²) in [5.41, 5.74) is 6.29. The lowest BCUT2D eigenvalue weighted by Gasteiger charge is -2.32. The molecule has 2 N–H and O–H groups in total. The average Bonchev–Trinajstić information content (AvgIpc) is 2.64. The first-order chi connectivity index (χ1) is 8.89. The SMILES string of the molecule is Cc1oc(C)c(S(=O)(=O)N2CCCCC2C)c1CN. The molecule has 6 heteroatoms. The van der Waals surface area contributed by atoms with Gasteiger partial charge in [0.2, 0.25) is 10.0 Å². The summed E-state index contributed by atoms with van der Waals surface area (Å²) in [4.78, 5) is 0.279. The first kappa shape index (κ1) is 14.6. The third-order valence-corrected chi connectivity index (χ3v) is 6.05. The van der Waals surface area contributed by atoms with E-state index in [2.05, 4.69) is 0 Å². The van der Waals surface area contributed by atoms with Crippen molar-refractivity contribution in [2.24, 2.45) is 5.73 Å². The molecule has 19 heavy (non-hydrogen) atoms. The number of aryl methyl sites for hydroxylation is 2. The van der Waals surface area contributed by atoms with E-state index in [0.717, 1.165) is 19.3 Å². The quantitative estimate of drug-likeness (QED) is 0.921. The molecule has 1 atom stereocenters. The van der Waals surface area contributed by atoms with E-state index in [0.29, 0.717) is 23.6 Å². The van der Waals surface area contributed by atoms with Gasteiger partial charge in [-0.25, -0.2) is 8.42 Å². The summed E-state index contributed by atoms with van der Waals surface area (Å²) in [5.74, 6) is 1.04. The van der Waals surface area contributed by atoms with Gasteiger partial charge in [0.05, 0.1) is 0 Å². The second-order valence-electron chi connectivity index (χ2n) is 5.19. The first-order valence-corrected chi connectivity index (χ1v) is 8.14. The molecule has 1 aliphatic rings. The van der Waals surface area contributed by atoms with Gasteiger partial charge < -0.3 is 10.2 Å². The lowest BCUT2D eigenvalue weighted by atomic mass is 10.1. The van der Waals surface area contributed by atoms with E-state index in [4.69, 9.17) is 10.2 Å². The molecular weight excluding hydrogens is 264 g/mol. The van der Waals surface area contributed by atoms with Crippen molar-refractivity contribution >= 4 is 10.0 Å². The Morgan fingerprint density at radius 1 is 1.32 bits per heavy atom. The number of nitrogens with zero attached hydrogens (tertiary/aromatic N) is 1. The molecule has 0 aliphatic carbocycles. The number of nitrogens with two attached hydrogens (primary N) is 1. The minimum absolute atomic E-state index is 0.0407. The van der Waals surface area contributed by atoms with Crippen LogP contribution in [0.1, 0.15) is 43.3 Å². The Hall–Kier alpha value is -0.850. The van der Waals surface area contributed by atoms with Crippen LogP contribution in [0.5, 0.6) is 0 Å². The van der Waals surface area contributed by atoms with E-state index in [9.17, 15) is 8.42 Å². The second-order valence-corrected chi connectivity index (χ2v) is 7.01. The monoisotopic (exact) mass is 286 g/mol. The largest absolute Gasteiger partial charge is 0.465 e. The molecule has 1 aromatic rings. The summed E-state index contributed by atoms with van der Waals surface area (Å²) in [6.07, 6.45) is 2.91. The van der Waals surface area contributed by atoms with Crippen LogP contribution in [0.25, 0.3) is 0 Å². The predicted octanol–water partition coefficient (Wildman–Crippen LogP) is 1.92. The van der Waals surface area contributed by atoms with Crippen molar-refractivity contribution in [3.63, 3.8) is 0 Å². The Labute approximate surface area is 114 Å². The van der Waals surface area contributed by atoms with E-state index in [1.165, 1.54) is 0 Å². The van der Waals surface area contributed by atoms with Gasteiger partial charge in [0, 0.05) is 24.7 Å². The van der Waals surface area contributed by atoms with Gasteiger partial charge in [0.25, 0.3) is 0 Å². The second kappa shape index (κ2) is 5.26. The molecule has 1 fully saturated rings. The van der Waals surface area contributed by atoms with Gasteiger partial charge in [0.15, 0.2) is 0 Å². The van der Waals surface area contributed by atoms with Crippen molar-refractivity contribution in [2.45, 2.75) is 57.5 Å². The fraction of sp³-hybridized carbons (Fsp3) is 0.692. The van der Waals surface area contributed by atoms with Gasteiger partial charge >= 0.3 is 0 Å². The third kappa shape index (κ3) is 2.44. The van der Waals surface area contributed by atoms with Crippen LogP contribution in [0.4, 0.5) is 0 Å². The lowest BCUT2D eigenvalue weighted by Crippen LogP contribution is -2.42. The molecular formula is C13H22N2O3S. The number of hydrogen-bond acceptors (Lipinski definition) is 4. The summed E-state index contributed by atoms with van der Waals surface area (Å²) in [7, 11) is -3.50. The lowest BCUT2D eigenvalue weighted by molar-refractivity contribution is 0.268. The van der Waals surface area contributed by atoms with Crippen molar-refractivity contribution in [1.29, 1.82) is 0 Å². The molecule has 0 radical (unpaired) electrons. The van der Waals surface area contributed by atoms with E-state index in [1.54, 1.807) is 18.2 Å². The summed E-state index contributed by atoms with van der Waals surface area (Å²) in [6, 6.07) is 0.0407. The Kier molecular flexibility index (Phi) is 4.03. The Morgan fingerprint density at radius 2 is 2.00 bits per heavy atom. The topological polar surface area (TPSA) is 76.5 Å². The molecule has 0 amide bonds. The highest BCUT2D eigenvalue weighted by atomic mass is 32.2. The number of piperidine rings is 1. The Balaban J connectivity index is 2.50. The predicted molar refractivity (Wildman–Crippen MR) is 73.3 cm³/mol. The summed E-state index contributed by atoms with van der Waals surface area (Å²) < 4.78 is 32.7. The zero-order valence-corrected chi connectivity index (χ0v) is 12.6. The average molecular weight is 286 g/mol. The van der Waals surface area contributed by atoms with Gasteiger partial charge in [-0.2, -0.15) is 4.31 Å². The molecule has 0 bridgehead atoms. The standard InChI is InChI=1S/C13H22N2O3S/c1-9-6-4-5-7-15(9)19(16,17)13-11(3)18-10(2)12(13)8-14/h9H,4-8,14H2,1-3H3. The molecule has 0 saturated carbocycles. The molecule has 108 valence electrons. The van der Waals surface area contributed by atoms with Crippen LogP contribution in [-0.4, -0.2) is 25.3 Å². The summed E-state index contributed by atoms with van der Waals surface area (Å²) >= 11 is 0. The van der Waals surface area contributed by atoms with E-state index < -0.39 is 10.0 Å². The van der Waals surface area contributed by atoms with E-state index in [-0.39, 0.29) is 17.5 Å². The van der Waals surface area contributed by atoms with Crippen LogP contribution in [0.2, 0.25) is 0 Å². The van der Waals surface area contributed by atoms with Crippen LogP contribution in [0, 0.1) is 13.8 Å². The Bertz CT molecular complexity index is 563. The van der Waals surface area contributed by atoms with Gasteiger partial charge in [-0.15, -0.1) is 0 Å². The maximum absolute atomic E-state index is 12.8.